The van der Waals surface area contributed by atoms with Crippen molar-refractivity contribution in [3.63, 3.8) is 0 Å². The average molecular weight is 368 g/mol. The summed E-state index contributed by atoms with van der Waals surface area (Å²) in [6.45, 7) is 0. The molecule has 5 nitrogen and oxygen atoms in total. The third kappa shape index (κ3) is 2.99. The molecular weight excluding hydrogens is 347 g/mol. The second kappa shape index (κ2) is 6.32. The number of epoxide rings is 1. The van der Waals surface area contributed by atoms with Gasteiger partial charge in [0.15, 0.2) is 0 Å². The Morgan fingerprint density at radius 3 is 2.56 bits per heavy atom. The Morgan fingerprint density at radius 1 is 1.15 bits per heavy atom. The van der Waals surface area contributed by atoms with Crippen LogP contribution in [0.25, 0.3) is 11.1 Å². The Labute approximate surface area is 157 Å². The average Bonchev–Trinajstić information content (AvgIpc) is 3.42. The molecule has 5 rings (SSSR count). The number of benzene rings is 2. The van der Waals surface area contributed by atoms with Crippen molar-refractivity contribution in [3.05, 3.63) is 54.3 Å². The molecule has 3 saturated heterocycles. The van der Waals surface area contributed by atoms with Crippen LogP contribution in [0.5, 0.6) is 0 Å². The minimum absolute atomic E-state index is 0.117. The highest BCUT2D eigenvalue weighted by Crippen LogP contribution is 2.48. The van der Waals surface area contributed by atoms with Gasteiger partial charge in [0.25, 0.3) is 0 Å². The summed E-state index contributed by atoms with van der Waals surface area (Å²) in [5.74, 6) is -0.348. The maximum absolute atomic E-state index is 13.8. The zero-order valence-electron chi connectivity index (χ0n) is 15.0. The van der Waals surface area contributed by atoms with Gasteiger partial charge in [0.05, 0.1) is 5.69 Å². The molecule has 2 aromatic rings. The lowest BCUT2D eigenvalue weighted by molar-refractivity contribution is -0.00502. The summed E-state index contributed by atoms with van der Waals surface area (Å²) >= 11 is 0. The second-order valence-corrected chi connectivity index (χ2v) is 7.55. The second-order valence-electron chi connectivity index (χ2n) is 7.55. The minimum Gasteiger partial charge on any atom is -0.446 e. The fourth-order valence-electron chi connectivity index (χ4n) is 4.57. The predicted octanol–water partition coefficient (Wildman–Crippen LogP) is 3.65. The van der Waals surface area contributed by atoms with Crippen LogP contribution in [-0.2, 0) is 9.47 Å². The van der Waals surface area contributed by atoms with E-state index < -0.39 is 6.09 Å². The number of nitrogens with one attached hydrogen (secondary N) is 1. The van der Waals surface area contributed by atoms with E-state index in [1.165, 1.54) is 12.1 Å². The number of ether oxygens (including phenoxy) is 2. The van der Waals surface area contributed by atoms with Crippen molar-refractivity contribution in [1.82, 2.24) is 4.90 Å². The summed E-state index contributed by atoms with van der Waals surface area (Å²) in [4.78, 5) is 14.8. The number of carbonyl (C=O) groups is 1. The summed E-state index contributed by atoms with van der Waals surface area (Å²) in [7, 11) is 2.12. The van der Waals surface area contributed by atoms with E-state index >= 15 is 0 Å². The van der Waals surface area contributed by atoms with Gasteiger partial charge in [-0.3, -0.25) is 10.2 Å². The normalized spacial score (nSPS) is 31.3. The van der Waals surface area contributed by atoms with Crippen LogP contribution in [0.3, 0.4) is 0 Å². The standard InChI is InChI=1S/C21H21FN2O3/c1-24-17-10-14(11-18(24)20-19(17)27-20)26-21(25)23-16-8-7-13(22)9-15(16)12-5-3-2-4-6-12/h2-9,14,17-20H,10-11H2,1H3,(H,23,25)/t14-,17-,18+,19-,20+. The highest BCUT2D eigenvalue weighted by atomic mass is 19.1. The summed E-state index contributed by atoms with van der Waals surface area (Å²) < 4.78 is 25.1. The number of likely N-dealkylation sites (N-methyl/N-ethyl adjacent to an activating group) is 1. The number of morpholine rings is 1. The molecule has 0 radical (unpaired) electrons. The molecule has 140 valence electrons. The van der Waals surface area contributed by atoms with E-state index in [0.717, 1.165) is 18.4 Å². The fraction of sp³-hybridized carbons (Fsp3) is 0.381. The topological polar surface area (TPSA) is 54.1 Å². The zero-order chi connectivity index (χ0) is 18.5. The van der Waals surface area contributed by atoms with Crippen molar-refractivity contribution < 1.29 is 18.7 Å². The van der Waals surface area contributed by atoms with Crippen molar-refractivity contribution in [2.24, 2.45) is 0 Å². The first-order chi connectivity index (χ1) is 13.1. The zero-order valence-corrected chi connectivity index (χ0v) is 15.0. The van der Waals surface area contributed by atoms with E-state index in [1.807, 2.05) is 30.3 Å². The van der Waals surface area contributed by atoms with Gasteiger partial charge in [0.1, 0.15) is 24.1 Å². The van der Waals surface area contributed by atoms with Crippen LogP contribution in [0.2, 0.25) is 0 Å². The van der Waals surface area contributed by atoms with Crippen LogP contribution in [0, 0.1) is 5.82 Å². The molecule has 0 unspecified atom stereocenters. The number of hydrogen-bond acceptors (Lipinski definition) is 4. The molecule has 3 heterocycles. The largest absolute Gasteiger partial charge is 0.446 e. The number of rotatable bonds is 3. The van der Waals surface area contributed by atoms with Gasteiger partial charge in [-0.25, -0.2) is 9.18 Å². The molecule has 0 saturated carbocycles. The maximum Gasteiger partial charge on any atom is 0.411 e. The highest BCUT2D eigenvalue weighted by Gasteiger charge is 2.62. The number of carbonyl (C=O) groups excluding carboxylic acids is 1. The molecule has 1 N–H and O–H groups in total. The van der Waals surface area contributed by atoms with E-state index in [2.05, 4.69) is 17.3 Å². The van der Waals surface area contributed by atoms with Gasteiger partial charge < -0.3 is 9.47 Å². The lowest BCUT2D eigenvalue weighted by atomic mass is 9.99. The Morgan fingerprint density at radius 2 is 1.85 bits per heavy atom. The molecule has 2 aromatic carbocycles. The molecule has 6 heteroatoms. The molecule has 1 amide bonds. The Balaban J connectivity index is 1.29. The number of piperidine rings is 1. The van der Waals surface area contributed by atoms with Crippen molar-refractivity contribution in [3.8, 4) is 11.1 Å². The summed E-state index contributed by atoms with van der Waals surface area (Å²) in [6.07, 6.45) is 1.57. The third-order valence-electron chi connectivity index (χ3n) is 5.95. The maximum atomic E-state index is 13.8. The lowest BCUT2D eigenvalue weighted by Crippen LogP contribution is -2.48. The van der Waals surface area contributed by atoms with Crippen LogP contribution in [0.1, 0.15) is 12.8 Å². The van der Waals surface area contributed by atoms with Gasteiger partial charge in [-0.05, 0) is 30.8 Å². The first-order valence-corrected chi connectivity index (χ1v) is 9.30. The monoisotopic (exact) mass is 368 g/mol. The quantitative estimate of drug-likeness (QED) is 0.841. The lowest BCUT2D eigenvalue weighted by Gasteiger charge is -2.37. The molecular formula is C21H21FN2O3. The summed E-state index contributed by atoms with van der Waals surface area (Å²) in [5, 5.41) is 2.79. The summed E-state index contributed by atoms with van der Waals surface area (Å²) in [6, 6.07) is 14.4. The molecule has 2 bridgehead atoms. The number of hydrogen-bond donors (Lipinski definition) is 1. The number of amides is 1. The van der Waals surface area contributed by atoms with Gasteiger partial charge in [-0.2, -0.15) is 0 Å². The Hall–Kier alpha value is -2.44. The van der Waals surface area contributed by atoms with Gasteiger partial charge in [0, 0.05) is 30.5 Å². The van der Waals surface area contributed by atoms with Crippen molar-refractivity contribution >= 4 is 11.8 Å². The van der Waals surface area contributed by atoms with Gasteiger partial charge in [-0.15, -0.1) is 0 Å². The van der Waals surface area contributed by atoms with Gasteiger partial charge in [0.2, 0.25) is 0 Å². The number of halogens is 1. The Bertz CT molecular complexity index is 857. The van der Waals surface area contributed by atoms with Gasteiger partial charge >= 0.3 is 6.09 Å². The number of anilines is 1. The van der Waals surface area contributed by atoms with E-state index in [9.17, 15) is 9.18 Å². The van der Waals surface area contributed by atoms with E-state index in [-0.39, 0.29) is 11.9 Å². The number of fused-ring (bicyclic) bond motifs is 5. The Kier molecular flexibility index (Phi) is 3.91. The molecule has 5 atom stereocenters. The van der Waals surface area contributed by atoms with Crippen molar-refractivity contribution in [2.75, 3.05) is 12.4 Å². The fourth-order valence-corrected chi connectivity index (χ4v) is 4.57. The molecule has 0 aliphatic carbocycles. The van der Waals surface area contributed by atoms with Crippen LogP contribution in [0.4, 0.5) is 14.9 Å². The number of nitrogens with zero attached hydrogens (tertiary/aromatic N) is 1. The third-order valence-corrected chi connectivity index (χ3v) is 5.95. The molecule has 27 heavy (non-hydrogen) atoms. The highest BCUT2D eigenvalue weighted by molar-refractivity contribution is 5.91. The first kappa shape index (κ1) is 16.7. The molecule has 3 aliphatic rings. The summed E-state index contributed by atoms with van der Waals surface area (Å²) in [5.41, 5.74) is 2.00. The first-order valence-electron chi connectivity index (χ1n) is 9.30. The van der Waals surface area contributed by atoms with Crippen LogP contribution >= 0.6 is 0 Å². The van der Waals surface area contributed by atoms with E-state index in [0.29, 0.717) is 35.5 Å². The van der Waals surface area contributed by atoms with Crippen LogP contribution < -0.4 is 5.32 Å². The van der Waals surface area contributed by atoms with Crippen LogP contribution in [0.15, 0.2) is 48.5 Å². The van der Waals surface area contributed by atoms with E-state index in [4.69, 9.17) is 9.47 Å². The van der Waals surface area contributed by atoms with Crippen LogP contribution in [-0.4, -0.2) is 48.4 Å². The van der Waals surface area contributed by atoms with Crippen molar-refractivity contribution in [2.45, 2.75) is 43.2 Å². The van der Waals surface area contributed by atoms with Crippen molar-refractivity contribution in [1.29, 1.82) is 0 Å². The molecule has 3 fully saturated rings. The molecule has 0 aromatic heterocycles. The van der Waals surface area contributed by atoms with E-state index in [1.54, 1.807) is 6.07 Å². The smallest absolute Gasteiger partial charge is 0.411 e. The molecule has 3 aliphatic heterocycles. The van der Waals surface area contributed by atoms with Gasteiger partial charge in [-0.1, -0.05) is 30.3 Å². The predicted molar refractivity (Wildman–Crippen MR) is 99.0 cm³/mol. The SMILES string of the molecule is CN1[C@@H]2C[C@@H](OC(=O)Nc3ccc(F)cc3-c3ccccc3)C[C@H]1[C@@H]1O[C@@H]12. The molecule has 0 spiro atoms. The minimum atomic E-state index is -0.498.